The molecular weight excluding hydrogens is 551 g/mol. The summed E-state index contributed by atoms with van der Waals surface area (Å²) in [6, 6.07) is 0. The molecule has 0 N–H and O–H groups in total. The zero-order valence-corrected chi connectivity index (χ0v) is 15.3. The van der Waals surface area contributed by atoms with Gasteiger partial charge < -0.3 is 0 Å². The van der Waals surface area contributed by atoms with Gasteiger partial charge in [-0.05, 0) is 0 Å². The van der Waals surface area contributed by atoms with Crippen molar-refractivity contribution in [2.45, 2.75) is 2.14 Å². The molecule has 0 heterocycles. The van der Waals surface area contributed by atoms with Gasteiger partial charge in [-0.25, -0.2) is 0 Å². The van der Waals surface area contributed by atoms with Crippen LogP contribution in [0.2, 0.25) is 0 Å². The summed E-state index contributed by atoms with van der Waals surface area (Å²) in [4.78, 5) is 0. The maximum absolute atomic E-state index is 3.26. The standard InChI is InChI=1S/C2H2Br4.Pb.2H/c3-1-2(4,5)6;;;/h1H2;;;. The van der Waals surface area contributed by atoms with E-state index < -0.39 is 0 Å². The molecule has 0 nitrogen and oxygen atoms in total. The zero-order chi connectivity index (χ0) is 5.21. The topological polar surface area (TPSA) is 0 Å². The van der Waals surface area contributed by atoms with E-state index in [0.29, 0.717) is 0 Å². The van der Waals surface area contributed by atoms with Crippen LogP contribution in [0.1, 0.15) is 0 Å². The Bertz CT molecular complexity index is 39.4. The first-order chi connectivity index (χ1) is 2.56. The second-order valence-corrected chi connectivity index (χ2v) is 8.56. The normalized spacial score (nSPS) is 10.3. The van der Waals surface area contributed by atoms with Crippen LogP contribution in [-0.2, 0) is 0 Å². The fourth-order valence-electron chi connectivity index (χ4n) is 0. The van der Waals surface area contributed by atoms with Crippen LogP contribution in [0.4, 0.5) is 0 Å². The van der Waals surface area contributed by atoms with Crippen LogP contribution in [0.25, 0.3) is 0 Å². The summed E-state index contributed by atoms with van der Waals surface area (Å²) < 4.78 is -0.104. The van der Waals surface area contributed by atoms with Crippen LogP contribution in [-0.4, -0.2) is 34.8 Å². The Balaban J connectivity index is 0. The van der Waals surface area contributed by atoms with Gasteiger partial charge >= 0.3 is 27.3 Å². The average molecular weight is 555 g/mol. The molecule has 0 rings (SSSR count). The van der Waals surface area contributed by atoms with Crippen molar-refractivity contribution < 1.29 is 0 Å². The minimum absolute atomic E-state index is 0. The van der Waals surface area contributed by atoms with Gasteiger partial charge in [-0.3, -0.25) is 0 Å². The quantitative estimate of drug-likeness (QED) is 0.319. The molecule has 7 heavy (non-hydrogen) atoms. The molecule has 0 amide bonds. The molecule has 0 atom stereocenters. The number of rotatable bonds is 0. The van der Waals surface area contributed by atoms with Crippen molar-refractivity contribution in [1.29, 1.82) is 0 Å². The van der Waals surface area contributed by atoms with Crippen LogP contribution in [0, 0.1) is 0 Å². The number of hydrogen-bond acceptors (Lipinski definition) is 0. The maximum atomic E-state index is 3.26. The molecule has 0 aromatic heterocycles. The molecule has 0 aromatic carbocycles. The Kier molecular flexibility index (Phi) is 10.0. The molecule has 0 fully saturated rings. The van der Waals surface area contributed by atoms with E-state index in [1.807, 2.05) is 0 Å². The molecular formula is C2H4Br4Pb. The van der Waals surface area contributed by atoms with E-state index in [4.69, 9.17) is 0 Å². The molecule has 44 valence electrons. The van der Waals surface area contributed by atoms with Crippen molar-refractivity contribution in [2.75, 3.05) is 5.33 Å². The Morgan fingerprint density at radius 1 is 1.14 bits per heavy atom. The fourth-order valence-corrected chi connectivity index (χ4v) is 0. The van der Waals surface area contributed by atoms with Crippen LogP contribution >= 0.6 is 63.7 Å². The average Bonchev–Trinajstić information content (AvgIpc) is 1.35. The Morgan fingerprint density at radius 3 is 1.29 bits per heavy atom. The Morgan fingerprint density at radius 2 is 1.29 bits per heavy atom. The van der Waals surface area contributed by atoms with E-state index >= 15 is 0 Å². The summed E-state index contributed by atoms with van der Waals surface area (Å²) in [5, 5.41) is 0.833. The van der Waals surface area contributed by atoms with Gasteiger partial charge in [0, 0.05) is 5.33 Å². The van der Waals surface area contributed by atoms with E-state index in [-0.39, 0.29) is 29.4 Å². The third-order valence-corrected chi connectivity index (χ3v) is 4.09. The summed E-state index contributed by atoms with van der Waals surface area (Å²) in [6.45, 7) is 0. The van der Waals surface area contributed by atoms with Crippen molar-refractivity contribution in [2.24, 2.45) is 0 Å². The summed E-state index contributed by atoms with van der Waals surface area (Å²) in [7, 11) is 0. The molecule has 0 spiro atoms. The molecule has 0 aromatic rings. The summed E-state index contributed by atoms with van der Waals surface area (Å²) in [5.41, 5.74) is 0. The van der Waals surface area contributed by atoms with Gasteiger partial charge in [0.25, 0.3) is 0 Å². The van der Waals surface area contributed by atoms with E-state index in [1.54, 1.807) is 0 Å². The van der Waals surface area contributed by atoms with Gasteiger partial charge in [0.1, 0.15) is 2.14 Å². The molecule has 0 aliphatic rings. The second kappa shape index (κ2) is 5.61. The SMILES string of the molecule is BrCC(Br)(Br)Br.[PbH2]. The predicted molar refractivity (Wildman–Crippen MR) is 51.9 cm³/mol. The Hall–Kier alpha value is 2.84. The van der Waals surface area contributed by atoms with E-state index in [2.05, 4.69) is 63.7 Å². The van der Waals surface area contributed by atoms with Crippen molar-refractivity contribution in [3.8, 4) is 0 Å². The summed E-state index contributed by atoms with van der Waals surface area (Å²) in [5.74, 6) is 0. The molecule has 0 aliphatic carbocycles. The first-order valence-electron chi connectivity index (χ1n) is 1.19. The van der Waals surface area contributed by atoms with Gasteiger partial charge in [0.2, 0.25) is 0 Å². The van der Waals surface area contributed by atoms with Crippen LogP contribution in [0.15, 0.2) is 0 Å². The first kappa shape index (κ1) is 12.5. The zero-order valence-electron chi connectivity index (χ0n) is 3.43. The second-order valence-electron chi connectivity index (χ2n) is 0.749. The van der Waals surface area contributed by atoms with Crippen molar-refractivity contribution >= 4 is 91.0 Å². The van der Waals surface area contributed by atoms with Crippen LogP contribution in [0.5, 0.6) is 0 Å². The van der Waals surface area contributed by atoms with Gasteiger partial charge in [-0.15, -0.1) is 0 Å². The monoisotopic (exact) mass is 552 g/mol. The van der Waals surface area contributed by atoms with Crippen LogP contribution < -0.4 is 0 Å². The fraction of sp³-hybridized carbons (Fsp3) is 1.00. The van der Waals surface area contributed by atoms with E-state index in [0.717, 1.165) is 5.33 Å². The third kappa shape index (κ3) is 12.1. The van der Waals surface area contributed by atoms with Crippen LogP contribution in [0.3, 0.4) is 0 Å². The van der Waals surface area contributed by atoms with Gasteiger partial charge in [-0.1, -0.05) is 63.7 Å². The predicted octanol–water partition coefficient (Wildman–Crippen LogP) is 2.30. The van der Waals surface area contributed by atoms with Crippen molar-refractivity contribution in [3.63, 3.8) is 0 Å². The van der Waals surface area contributed by atoms with Crippen molar-refractivity contribution in [3.05, 3.63) is 0 Å². The molecule has 2 radical (unpaired) electrons. The number of alkyl halides is 4. The summed E-state index contributed by atoms with van der Waals surface area (Å²) >= 11 is 13.0. The third-order valence-electron chi connectivity index (χ3n) is 0.152. The molecule has 0 unspecified atom stereocenters. The van der Waals surface area contributed by atoms with Crippen molar-refractivity contribution in [1.82, 2.24) is 0 Å². The molecule has 0 bridgehead atoms. The first-order valence-corrected chi connectivity index (χ1v) is 4.69. The molecule has 0 aliphatic heterocycles. The summed E-state index contributed by atoms with van der Waals surface area (Å²) in [6.07, 6.45) is 0. The molecule has 5 heteroatoms. The van der Waals surface area contributed by atoms with E-state index in [1.165, 1.54) is 0 Å². The van der Waals surface area contributed by atoms with E-state index in [9.17, 15) is 0 Å². The Labute approximate surface area is 96.9 Å². The van der Waals surface area contributed by atoms with Gasteiger partial charge in [0.15, 0.2) is 0 Å². The van der Waals surface area contributed by atoms with Gasteiger partial charge in [0.05, 0.1) is 0 Å². The van der Waals surface area contributed by atoms with Gasteiger partial charge in [-0.2, -0.15) is 0 Å². The molecule has 0 saturated heterocycles. The number of hydrogen-bond donors (Lipinski definition) is 0. The molecule has 0 saturated carbocycles. The minimum atomic E-state index is -0.104. The number of halogens is 4.